The number of halogens is 1. The Bertz CT molecular complexity index is 1860. The van der Waals surface area contributed by atoms with E-state index in [0.717, 1.165) is 27.3 Å². The molecule has 0 aliphatic carbocycles. The molecule has 2 aliphatic rings. The topological polar surface area (TPSA) is 244 Å². The van der Waals surface area contributed by atoms with E-state index in [4.69, 9.17) is 32.1 Å². The van der Waals surface area contributed by atoms with Gasteiger partial charge in [0.1, 0.15) is 27.0 Å². The zero-order valence-corrected chi connectivity index (χ0v) is 27.5. The Labute approximate surface area is 284 Å². The van der Waals surface area contributed by atoms with Gasteiger partial charge in [-0.15, -0.1) is 11.8 Å². The van der Waals surface area contributed by atoms with E-state index in [0.29, 0.717) is 12.1 Å². The molecule has 0 unspecified atom stereocenters. The highest BCUT2D eigenvalue weighted by Crippen LogP contribution is 2.40. The second-order valence-corrected chi connectivity index (χ2v) is 12.9. The van der Waals surface area contributed by atoms with E-state index < -0.39 is 53.1 Å². The van der Waals surface area contributed by atoms with Gasteiger partial charge in [-0.2, -0.15) is 10.0 Å². The number of nitrogens with one attached hydrogen (secondary N) is 2. The van der Waals surface area contributed by atoms with E-state index in [9.17, 15) is 29.1 Å². The first-order chi connectivity index (χ1) is 22.9. The van der Waals surface area contributed by atoms with Gasteiger partial charge in [0.25, 0.3) is 11.8 Å². The number of carbonyl (C=O) groups excluding carboxylic acids is 4. The van der Waals surface area contributed by atoms with Crippen LogP contribution in [0.25, 0.3) is 11.0 Å². The lowest BCUT2D eigenvalue weighted by Crippen LogP contribution is -2.71. The number of thiazole rings is 1. The third kappa shape index (κ3) is 7.00. The summed E-state index contributed by atoms with van der Waals surface area (Å²) in [5.41, 5.74) is 8.81. The summed E-state index contributed by atoms with van der Waals surface area (Å²) in [6.07, 6.45) is 1.42. The van der Waals surface area contributed by atoms with Crippen LogP contribution in [-0.2, 0) is 46.7 Å². The molecule has 2 aliphatic heterocycles. The predicted molar refractivity (Wildman–Crippen MR) is 167 cm³/mol. The van der Waals surface area contributed by atoms with Crippen molar-refractivity contribution in [3.63, 3.8) is 0 Å². The van der Waals surface area contributed by atoms with Crippen LogP contribution in [0.2, 0.25) is 4.34 Å². The van der Waals surface area contributed by atoms with E-state index in [2.05, 4.69) is 25.7 Å². The predicted octanol–water partition coefficient (Wildman–Crippen LogP) is -0.794. The molecule has 21 heteroatoms. The van der Waals surface area contributed by atoms with Crippen LogP contribution in [0.4, 0.5) is 9.93 Å². The van der Waals surface area contributed by atoms with Gasteiger partial charge >= 0.3 is 12.1 Å². The van der Waals surface area contributed by atoms with Gasteiger partial charge in [0, 0.05) is 36.2 Å². The van der Waals surface area contributed by atoms with Crippen molar-refractivity contribution in [2.75, 3.05) is 25.2 Å². The van der Waals surface area contributed by atoms with Crippen molar-refractivity contribution < 1.29 is 53.2 Å². The van der Waals surface area contributed by atoms with Crippen LogP contribution < -0.4 is 26.2 Å². The van der Waals surface area contributed by atoms with Crippen LogP contribution in [0.3, 0.4) is 0 Å². The number of aromatic nitrogens is 3. The van der Waals surface area contributed by atoms with Gasteiger partial charge in [-0.1, -0.05) is 28.1 Å². The van der Waals surface area contributed by atoms with Crippen LogP contribution in [0.15, 0.2) is 47.0 Å². The molecule has 5 rings (SSSR count). The maximum Gasteiger partial charge on any atom is 0.431 e. The number of nitrogens with zero attached hydrogens (tertiary/aromatic N) is 5. The van der Waals surface area contributed by atoms with Crippen molar-refractivity contribution in [1.82, 2.24) is 25.2 Å². The third-order valence-electron chi connectivity index (χ3n) is 7.17. The Morgan fingerprint density at radius 1 is 1.33 bits per heavy atom. The fourth-order valence-electron chi connectivity index (χ4n) is 4.88. The summed E-state index contributed by atoms with van der Waals surface area (Å²) in [6.45, 7) is 1.84. The minimum Gasteiger partial charge on any atom is -0.543 e. The number of carboxylic acid groups (broad SMARTS) is 2. The number of hydroxylamine groups is 1. The van der Waals surface area contributed by atoms with Crippen molar-refractivity contribution in [2.24, 2.45) is 5.16 Å². The summed E-state index contributed by atoms with van der Waals surface area (Å²) in [5.74, 6) is -4.40. The quantitative estimate of drug-likeness (QED) is 0.0556. The van der Waals surface area contributed by atoms with E-state index in [1.165, 1.54) is 25.8 Å². The SMILES string of the molecule is COC(=O)NOCCn1ccc2c1ccc[n+]2CC1=C(C(=O)[O-])N2C(=O)[C@@H](NC(=O)/C(=N\O[C@@H](C)C(=O)O)c3nc(N)sc3Cl)[C@H]2SC1. The van der Waals surface area contributed by atoms with E-state index in [-0.39, 0.29) is 39.8 Å². The van der Waals surface area contributed by atoms with Gasteiger partial charge in [0.05, 0.1) is 25.4 Å². The highest BCUT2D eigenvalue weighted by Gasteiger charge is 2.53. The summed E-state index contributed by atoms with van der Waals surface area (Å²) in [7, 11) is 1.21. The molecule has 1 saturated heterocycles. The minimum atomic E-state index is -1.56. The number of β-lactam (4-membered cyclic amide) rings is 1. The van der Waals surface area contributed by atoms with Gasteiger partial charge in [0.2, 0.25) is 11.6 Å². The summed E-state index contributed by atoms with van der Waals surface area (Å²) >= 11 is 8.24. The van der Waals surface area contributed by atoms with Gasteiger partial charge in [0.15, 0.2) is 23.6 Å². The molecule has 0 saturated carbocycles. The molecular formula is C27H27ClN8O10S2. The Kier molecular flexibility index (Phi) is 10.4. The highest BCUT2D eigenvalue weighted by molar-refractivity contribution is 8.00. The van der Waals surface area contributed by atoms with E-state index >= 15 is 0 Å². The lowest BCUT2D eigenvalue weighted by molar-refractivity contribution is -0.663. The first-order valence-corrected chi connectivity index (χ1v) is 16.2. The smallest absolute Gasteiger partial charge is 0.431 e. The lowest BCUT2D eigenvalue weighted by Gasteiger charge is -2.50. The number of thioether (sulfide) groups is 1. The van der Waals surface area contributed by atoms with Crippen LogP contribution >= 0.6 is 34.7 Å². The number of hydrogen-bond donors (Lipinski definition) is 4. The fraction of sp³-hybridized carbons (Fsp3) is 0.333. The fourth-order valence-corrected chi connectivity index (χ4v) is 7.15. The molecule has 0 radical (unpaired) electrons. The molecule has 18 nitrogen and oxygen atoms in total. The van der Waals surface area contributed by atoms with E-state index in [1.807, 2.05) is 27.5 Å². The average Bonchev–Trinajstić information content (AvgIpc) is 3.63. The standard InChI is InChI=1S/C27H27ClN8O10S2/c1-12(24(39)40)46-32-17(16-20(28)48-26(29)31-16)21(37)30-18-22(38)36-19(25(41)42)13(11-47-23(18)36)10-35-6-3-4-14-15(35)5-7-34(14)8-9-45-33-27(43)44-2/h3-7,12,18,23H,8-11H2,1-2H3,(H5-,29,30,31,33,37,39,40,41,42,43)/b32-17-/t12-,18+,23+/m0/s1. The second kappa shape index (κ2) is 14.5. The molecule has 3 amide bonds. The molecule has 48 heavy (non-hydrogen) atoms. The molecular weight excluding hydrogens is 696 g/mol. The van der Waals surface area contributed by atoms with Crippen molar-refractivity contribution in [1.29, 1.82) is 0 Å². The monoisotopic (exact) mass is 722 g/mol. The molecule has 254 valence electrons. The summed E-state index contributed by atoms with van der Waals surface area (Å²) < 4.78 is 8.14. The first-order valence-electron chi connectivity index (χ1n) is 13.9. The van der Waals surface area contributed by atoms with E-state index in [1.54, 1.807) is 12.3 Å². The Morgan fingerprint density at radius 2 is 2.10 bits per heavy atom. The highest BCUT2D eigenvalue weighted by atomic mass is 35.5. The number of carbonyl (C=O) groups is 5. The zero-order chi connectivity index (χ0) is 34.7. The van der Waals surface area contributed by atoms with Crippen molar-refractivity contribution in [3.8, 4) is 0 Å². The molecule has 0 aromatic carbocycles. The summed E-state index contributed by atoms with van der Waals surface area (Å²) in [6, 6.07) is 4.32. The average molecular weight is 723 g/mol. The van der Waals surface area contributed by atoms with Crippen LogP contribution in [-0.4, -0.2) is 92.1 Å². The number of amides is 3. The molecule has 3 atom stereocenters. The number of pyridine rings is 1. The number of nitrogens with two attached hydrogens (primary N) is 1. The largest absolute Gasteiger partial charge is 0.543 e. The molecule has 1 fully saturated rings. The van der Waals surface area contributed by atoms with Crippen molar-refractivity contribution in [3.05, 3.63) is 51.9 Å². The maximum absolute atomic E-state index is 13.3. The van der Waals surface area contributed by atoms with Gasteiger partial charge < -0.3 is 40.2 Å². The van der Waals surface area contributed by atoms with Gasteiger partial charge in [-0.05, 0) is 13.0 Å². The third-order valence-corrected chi connectivity index (χ3v) is 9.59. The van der Waals surface area contributed by atoms with Crippen LogP contribution in [0.5, 0.6) is 0 Å². The Balaban J connectivity index is 1.33. The number of ether oxygens (including phenoxy) is 1. The molecule has 5 heterocycles. The van der Waals surface area contributed by atoms with Crippen LogP contribution in [0, 0.1) is 0 Å². The Morgan fingerprint density at radius 3 is 2.77 bits per heavy atom. The second-order valence-electron chi connectivity index (χ2n) is 10.2. The summed E-state index contributed by atoms with van der Waals surface area (Å²) in [5, 5.41) is 26.9. The number of methoxy groups -OCH3 is 1. The first kappa shape index (κ1) is 34.4. The normalized spacial score (nSPS) is 18.2. The number of nitrogen functional groups attached to an aromatic ring is 1. The zero-order valence-electron chi connectivity index (χ0n) is 25.1. The molecule has 0 spiro atoms. The van der Waals surface area contributed by atoms with Crippen LogP contribution in [0.1, 0.15) is 12.6 Å². The van der Waals surface area contributed by atoms with Gasteiger partial charge in [-0.25, -0.2) is 14.6 Å². The Hall–Kier alpha value is -4.92. The van der Waals surface area contributed by atoms with Crippen molar-refractivity contribution in [2.45, 2.75) is 37.5 Å². The molecule has 3 aromatic rings. The number of hydrogen-bond acceptors (Lipinski definition) is 14. The van der Waals surface area contributed by atoms with Gasteiger partial charge in [-0.3, -0.25) is 19.3 Å². The van der Waals surface area contributed by atoms with Crippen molar-refractivity contribution >= 4 is 86.4 Å². The number of rotatable bonds is 13. The lowest BCUT2D eigenvalue weighted by atomic mass is 10.0. The summed E-state index contributed by atoms with van der Waals surface area (Å²) in [4.78, 5) is 76.5. The number of aliphatic carboxylic acids is 2. The molecule has 5 N–H and O–H groups in total. The number of fused-ring (bicyclic) bond motifs is 2. The number of oxime groups is 1. The molecule has 3 aromatic heterocycles. The number of carboxylic acids is 2. The minimum absolute atomic E-state index is 0.00105. The molecule has 0 bridgehead atoms. The number of anilines is 1. The maximum atomic E-state index is 13.3.